The monoisotopic (exact) mass is 190 g/mol. The zero-order chi connectivity index (χ0) is 10.1. The minimum absolute atomic E-state index is 0.00236. The Kier molecular flexibility index (Phi) is 1.96. The summed E-state index contributed by atoms with van der Waals surface area (Å²) in [5, 5.41) is 0.752. The van der Waals surface area contributed by atoms with E-state index in [0.29, 0.717) is 17.0 Å². The maximum Gasteiger partial charge on any atom is 0.162 e. The molecule has 72 valence electrons. The van der Waals surface area contributed by atoms with Crippen LogP contribution in [0, 0.1) is 0 Å². The predicted octanol–water partition coefficient (Wildman–Crippen LogP) is 1.77. The Hall–Kier alpha value is -1.84. The Morgan fingerprint density at radius 3 is 3.00 bits per heavy atom. The van der Waals surface area contributed by atoms with E-state index in [0.717, 1.165) is 5.39 Å². The van der Waals surface area contributed by atoms with Crippen molar-refractivity contribution >= 4 is 16.8 Å². The van der Waals surface area contributed by atoms with E-state index in [2.05, 4.69) is 9.97 Å². The molecule has 14 heavy (non-hydrogen) atoms. The van der Waals surface area contributed by atoms with Crippen molar-refractivity contribution in [1.29, 1.82) is 0 Å². The molecule has 0 fully saturated rings. The molecule has 2 heterocycles. The predicted molar refractivity (Wildman–Crippen MR) is 52.7 cm³/mol. The van der Waals surface area contributed by atoms with Gasteiger partial charge in [-0.15, -0.1) is 0 Å². The van der Waals surface area contributed by atoms with Crippen molar-refractivity contribution in [2.45, 2.75) is 6.92 Å². The fourth-order valence-electron chi connectivity index (χ4n) is 1.47. The molecule has 2 rings (SSSR count). The molecule has 1 N–H and O–H groups in total. The van der Waals surface area contributed by atoms with Crippen LogP contribution in [0.2, 0.25) is 0 Å². The summed E-state index contributed by atoms with van der Waals surface area (Å²) in [6.07, 6.45) is 3.30. The number of aromatic nitrogens is 2. The van der Waals surface area contributed by atoms with Gasteiger partial charge in [-0.3, -0.25) is 4.79 Å². The minimum atomic E-state index is 0.00236. The molecule has 0 spiro atoms. The standard InChI is InChI=1S/C10H10N2O2/c1-6(13)7-5-12-10-9(7)8(14-2)3-4-11-10/h3-5H,1-2H3,(H,11,12). The molecule has 0 radical (unpaired) electrons. The first kappa shape index (κ1) is 8.74. The second-order valence-corrected chi connectivity index (χ2v) is 3.00. The Morgan fingerprint density at radius 2 is 2.36 bits per heavy atom. The van der Waals surface area contributed by atoms with Crippen molar-refractivity contribution < 1.29 is 9.53 Å². The van der Waals surface area contributed by atoms with Crippen molar-refractivity contribution in [3.8, 4) is 5.75 Å². The van der Waals surface area contributed by atoms with Crippen LogP contribution in [0.5, 0.6) is 5.75 Å². The third-order valence-electron chi connectivity index (χ3n) is 2.13. The SMILES string of the molecule is COc1ccnc2[nH]cc(C(C)=O)c12. The maximum absolute atomic E-state index is 11.3. The van der Waals surface area contributed by atoms with Gasteiger partial charge in [0.05, 0.1) is 12.5 Å². The molecule has 0 saturated heterocycles. The smallest absolute Gasteiger partial charge is 0.162 e. The van der Waals surface area contributed by atoms with E-state index < -0.39 is 0 Å². The van der Waals surface area contributed by atoms with Crippen LogP contribution in [-0.4, -0.2) is 22.9 Å². The van der Waals surface area contributed by atoms with Gasteiger partial charge in [-0.05, 0) is 13.0 Å². The second kappa shape index (κ2) is 3.14. The summed E-state index contributed by atoms with van der Waals surface area (Å²) in [5.74, 6) is 0.670. The average Bonchev–Trinajstić information content (AvgIpc) is 2.60. The van der Waals surface area contributed by atoms with Gasteiger partial charge in [0, 0.05) is 18.0 Å². The molecule has 4 nitrogen and oxygen atoms in total. The zero-order valence-corrected chi connectivity index (χ0v) is 8.00. The van der Waals surface area contributed by atoms with E-state index in [1.54, 1.807) is 25.6 Å². The first-order valence-corrected chi connectivity index (χ1v) is 4.25. The quantitative estimate of drug-likeness (QED) is 0.734. The largest absolute Gasteiger partial charge is 0.496 e. The number of nitrogens with zero attached hydrogens (tertiary/aromatic N) is 1. The number of hydrogen-bond acceptors (Lipinski definition) is 3. The fourth-order valence-corrected chi connectivity index (χ4v) is 1.47. The van der Waals surface area contributed by atoms with Crippen LogP contribution in [0.15, 0.2) is 18.5 Å². The molecule has 0 aliphatic heterocycles. The molecule has 0 aromatic carbocycles. The van der Waals surface area contributed by atoms with Crippen LogP contribution in [0.1, 0.15) is 17.3 Å². The number of fused-ring (bicyclic) bond motifs is 1. The fraction of sp³-hybridized carbons (Fsp3) is 0.200. The number of carbonyl (C=O) groups is 1. The maximum atomic E-state index is 11.3. The highest BCUT2D eigenvalue weighted by atomic mass is 16.5. The summed E-state index contributed by atoms with van der Waals surface area (Å²) >= 11 is 0. The number of hydrogen-bond donors (Lipinski definition) is 1. The number of H-pyrrole nitrogens is 1. The highest BCUT2D eigenvalue weighted by Gasteiger charge is 2.12. The van der Waals surface area contributed by atoms with Crippen molar-refractivity contribution in [2.75, 3.05) is 7.11 Å². The number of ketones is 1. The van der Waals surface area contributed by atoms with Crippen molar-refractivity contribution in [3.63, 3.8) is 0 Å². The number of rotatable bonds is 2. The summed E-state index contributed by atoms with van der Waals surface area (Å²) in [7, 11) is 1.58. The van der Waals surface area contributed by atoms with Crippen LogP contribution < -0.4 is 4.74 Å². The number of carbonyl (C=O) groups excluding carboxylic acids is 1. The molecule has 0 aliphatic carbocycles. The van der Waals surface area contributed by atoms with Gasteiger partial charge >= 0.3 is 0 Å². The third-order valence-corrected chi connectivity index (χ3v) is 2.13. The topological polar surface area (TPSA) is 55.0 Å². The highest BCUT2D eigenvalue weighted by molar-refractivity contribution is 6.08. The van der Waals surface area contributed by atoms with Gasteiger partial charge in [-0.1, -0.05) is 0 Å². The Balaban J connectivity index is 2.81. The summed E-state index contributed by atoms with van der Waals surface area (Å²) in [4.78, 5) is 18.3. The molecule has 2 aromatic rings. The molecule has 0 aliphatic rings. The van der Waals surface area contributed by atoms with Crippen LogP contribution >= 0.6 is 0 Å². The molecule has 0 bridgehead atoms. The lowest BCUT2D eigenvalue weighted by atomic mass is 10.1. The van der Waals surface area contributed by atoms with Gasteiger partial charge in [-0.25, -0.2) is 4.98 Å². The van der Waals surface area contributed by atoms with Gasteiger partial charge in [0.25, 0.3) is 0 Å². The lowest BCUT2D eigenvalue weighted by molar-refractivity contribution is 0.101. The second-order valence-electron chi connectivity index (χ2n) is 3.00. The Bertz CT molecular complexity index is 488. The average molecular weight is 190 g/mol. The van der Waals surface area contributed by atoms with E-state index in [1.165, 1.54) is 6.92 Å². The minimum Gasteiger partial charge on any atom is -0.496 e. The van der Waals surface area contributed by atoms with Crippen molar-refractivity contribution in [2.24, 2.45) is 0 Å². The van der Waals surface area contributed by atoms with E-state index >= 15 is 0 Å². The van der Waals surface area contributed by atoms with Gasteiger partial charge in [-0.2, -0.15) is 0 Å². The normalized spacial score (nSPS) is 10.4. The number of aromatic amines is 1. The molecule has 0 saturated carbocycles. The molecule has 0 atom stereocenters. The molecule has 0 amide bonds. The summed E-state index contributed by atoms with van der Waals surface area (Å²) in [5.41, 5.74) is 1.29. The third kappa shape index (κ3) is 1.16. The van der Waals surface area contributed by atoms with Gasteiger partial charge in [0.2, 0.25) is 0 Å². The van der Waals surface area contributed by atoms with Crippen LogP contribution in [-0.2, 0) is 0 Å². The summed E-state index contributed by atoms with van der Waals surface area (Å²) in [6, 6.07) is 1.74. The summed E-state index contributed by atoms with van der Waals surface area (Å²) < 4.78 is 5.16. The summed E-state index contributed by atoms with van der Waals surface area (Å²) in [6.45, 7) is 1.52. The molecule has 0 unspecified atom stereocenters. The van der Waals surface area contributed by atoms with Crippen LogP contribution in [0.3, 0.4) is 0 Å². The van der Waals surface area contributed by atoms with E-state index in [1.807, 2.05) is 0 Å². The van der Waals surface area contributed by atoms with E-state index in [9.17, 15) is 4.79 Å². The van der Waals surface area contributed by atoms with E-state index in [-0.39, 0.29) is 5.78 Å². The number of ether oxygens (including phenoxy) is 1. The van der Waals surface area contributed by atoms with Gasteiger partial charge < -0.3 is 9.72 Å². The van der Waals surface area contributed by atoms with Crippen molar-refractivity contribution in [1.82, 2.24) is 9.97 Å². The Labute approximate surface area is 80.9 Å². The molecular formula is C10H10N2O2. The number of methoxy groups -OCH3 is 1. The number of nitrogens with one attached hydrogen (secondary N) is 1. The van der Waals surface area contributed by atoms with Crippen LogP contribution in [0.25, 0.3) is 11.0 Å². The lowest BCUT2D eigenvalue weighted by Crippen LogP contribution is -1.92. The van der Waals surface area contributed by atoms with Gasteiger partial charge in [0.1, 0.15) is 11.4 Å². The molecular weight excluding hydrogens is 180 g/mol. The van der Waals surface area contributed by atoms with Crippen molar-refractivity contribution in [3.05, 3.63) is 24.0 Å². The molecule has 4 heteroatoms. The van der Waals surface area contributed by atoms with E-state index in [4.69, 9.17) is 4.74 Å². The first-order chi connectivity index (χ1) is 6.74. The number of pyridine rings is 1. The molecule has 2 aromatic heterocycles. The Morgan fingerprint density at radius 1 is 1.57 bits per heavy atom. The first-order valence-electron chi connectivity index (χ1n) is 4.25. The van der Waals surface area contributed by atoms with Crippen LogP contribution in [0.4, 0.5) is 0 Å². The highest BCUT2D eigenvalue weighted by Crippen LogP contribution is 2.26. The lowest BCUT2D eigenvalue weighted by Gasteiger charge is -2.01. The zero-order valence-electron chi connectivity index (χ0n) is 8.00. The van der Waals surface area contributed by atoms with Gasteiger partial charge in [0.15, 0.2) is 5.78 Å². The number of Topliss-reactive ketones (excluding diaryl/α,β-unsaturated/α-hetero) is 1.